The summed E-state index contributed by atoms with van der Waals surface area (Å²) in [5.41, 5.74) is 1.31. The maximum atomic E-state index is 12.0. The summed E-state index contributed by atoms with van der Waals surface area (Å²) < 4.78 is 0. The van der Waals surface area contributed by atoms with Crippen LogP contribution in [0, 0.1) is 0 Å². The van der Waals surface area contributed by atoms with E-state index in [-0.39, 0.29) is 5.91 Å². The van der Waals surface area contributed by atoms with Crippen LogP contribution in [0.4, 0.5) is 5.69 Å². The van der Waals surface area contributed by atoms with Crippen molar-refractivity contribution in [2.24, 2.45) is 0 Å². The maximum Gasteiger partial charge on any atom is 0.247 e. The lowest BCUT2D eigenvalue weighted by Gasteiger charge is -2.11. The van der Waals surface area contributed by atoms with Crippen LogP contribution >= 0.6 is 23.2 Å². The van der Waals surface area contributed by atoms with Gasteiger partial charge in [0.2, 0.25) is 5.91 Å². The number of rotatable bonds is 3. The number of halogens is 2. The van der Waals surface area contributed by atoms with Crippen molar-refractivity contribution in [3.8, 4) is 0 Å². The van der Waals surface area contributed by atoms with Gasteiger partial charge in [-0.05, 0) is 17.7 Å². The molecule has 0 radical (unpaired) electrons. The van der Waals surface area contributed by atoms with Gasteiger partial charge in [-0.1, -0.05) is 54.1 Å². The number of carbonyl (C=O) groups excluding carboxylic acids is 1. The molecule has 18 heavy (non-hydrogen) atoms. The van der Waals surface area contributed by atoms with Gasteiger partial charge in [0.1, 0.15) is 5.38 Å². The molecule has 0 aliphatic heterocycles. The molecule has 0 saturated heterocycles. The van der Waals surface area contributed by atoms with Gasteiger partial charge in [-0.15, -0.1) is 11.6 Å². The molecule has 2 nitrogen and oxygen atoms in total. The van der Waals surface area contributed by atoms with Crippen molar-refractivity contribution in [2.45, 2.75) is 5.38 Å². The van der Waals surface area contributed by atoms with E-state index in [9.17, 15) is 4.79 Å². The Labute approximate surface area is 116 Å². The van der Waals surface area contributed by atoms with Crippen molar-refractivity contribution in [2.75, 3.05) is 5.32 Å². The molecule has 1 amide bonds. The molecule has 0 spiro atoms. The van der Waals surface area contributed by atoms with Gasteiger partial charge in [0.15, 0.2) is 0 Å². The number of carbonyl (C=O) groups is 1. The molecule has 0 bridgehead atoms. The molecule has 0 saturated carbocycles. The van der Waals surface area contributed by atoms with E-state index >= 15 is 0 Å². The predicted octanol–water partition coefficient (Wildman–Crippen LogP) is 4.26. The molecular weight excluding hydrogens is 269 g/mol. The normalized spacial score (nSPS) is 11.9. The van der Waals surface area contributed by atoms with Crippen molar-refractivity contribution >= 4 is 34.8 Å². The molecule has 0 aromatic heterocycles. The average Bonchev–Trinajstić information content (AvgIpc) is 2.41. The van der Waals surface area contributed by atoms with E-state index in [1.54, 1.807) is 24.3 Å². The van der Waals surface area contributed by atoms with E-state index in [2.05, 4.69) is 5.32 Å². The van der Waals surface area contributed by atoms with Crippen molar-refractivity contribution in [3.05, 3.63) is 65.2 Å². The monoisotopic (exact) mass is 279 g/mol. The second-order valence-electron chi connectivity index (χ2n) is 3.74. The summed E-state index contributed by atoms with van der Waals surface area (Å²) >= 11 is 12.1. The number of benzene rings is 2. The molecule has 1 atom stereocenters. The van der Waals surface area contributed by atoms with Crippen LogP contribution in [-0.2, 0) is 4.79 Å². The van der Waals surface area contributed by atoms with Crippen molar-refractivity contribution in [3.63, 3.8) is 0 Å². The van der Waals surface area contributed by atoms with E-state index in [0.717, 1.165) is 5.56 Å². The number of hydrogen-bond donors (Lipinski definition) is 1. The third-order valence-electron chi connectivity index (χ3n) is 2.45. The molecule has 2 aromatic carbocycles. The summed E-state index contributed by atoms with van der Waals surface area (Å²) in [5.74, 6) is -0.295. The van der Waals surface area contributed by atoms with Crippen LogP contribution < -0.4 is 5.32 Å². The first-order valence-electron chi connectivity index (χ1n) is 5.43. The van der Waals surface area contributed by atoms with Gasteiger partial charge < -0.3 is 5.32 Å². The van der Waals surface area contributed by atoms with E-state index in [1.807, 2.05) is 30.3 Å². The minimum Gasteiger partial charge on any atom is -0.323 e. The number of para-hydroxylation sites is 1. The van der Waals surface area contributed by atoms with Crippen LogP contribution in [-0.4, -0.2) is 5.91 Å². The molecule has 0 fully saturated rings. The first-order valence-corrected chi connectivity index (χ1v) is 6.24. The highest BCUT2D eigenvalue weighted by Crippen LogP contribution is 2.25. The van der Waals surface area contributed by atoms with Gasteiger partial charge in [0.25, 0.3) is 0 Å². The zero-order valence-corrected chi connectivity index (χ0v) is 10.9. The molecule has 92 valence electrons. The highest BCUT2D eigenvalue weighted by Gasteiger charge is 2.17. The SMILES string of the molecule is O=C(Nc1ccccc1Cl)[C@@H](Cl)c1ccccc1. The van der Waals surface area contributed by atoms with Crippen LogP contribution in [0.5, 0.6) is 0 Å². The van der Waals surface area contributed by atoms with Gasteiger partial charge >= 0.3 is 0 Å². The number of hydrogen-bond acceptors (Lipinski definition) is 1. The third-order valence-corrected chi connectivity index (χ3v) is 3.23. The highest BCUT2D eigenvalue weighted by molar-refractivity contribution is 6.35. The number of nitrogens with one attached hydrogen (secondary N) is 1. The Bertz CT molecular complexity index is 543. The maximum absolute atomic E-state index is 12.0. The molecule has 2 aromatic rings. The summed E-state index contributed by atoms with van der Waals surface area (Å²) in [5, 5.41) is 2.46. The summed E-state index contributed by atoms with van der Waals surface area (Å²) in [6, 6.07) is 16.2. The van der Waals surface area contributed by atoms with Gasteiger partial charge in [0, 0.05) is 0 Å². The molecule has 1 N–H and O–H groups in total. The lowest BCUT2D eigenvalue weighted by molar-refractivity contribution is -0.116. The van der Waals surface area contributed by atoms with E-state index in [0.29, 0.717) is 10.7 Å². The summed E-state index contributed by atoms with van der Waals surface area (Å²) in [6.07, 6.45) is 0. The standard InChI is InChI=1S/C14H11Cl2NO/c15-11-8-4-5-9-12(11)17-14(18)13(16)10-6-2-1-3-7-10/h1-9,13H,(H,17,18)/t13-/m0/s1. The Hall–Kier alpha value is -1.51. The van der Waals surface area contributed by atoms with Crippen molar-refractivity contribution in [1.82, 2.24) is 0 Å². The quantitative estimate of drug-likeness (QED) is 0.836. The minimum absolute atomic E-state index is 0.295. The lowest BCUT2D eigenvalue weighted by atomic mass is 10.1. The zero-order valence-electron chi connectivity index (χ0n) is 9.44. The average molecular weight is 280 g/mol. The first-order chi connectivity index (χ1) is 8.68. The number of amides is 1. The molecule has 2 rings (SSSR count). The van der Waals surface area contributed by atoms with Crippen LogP contribution in [0.3, 0.4) is 0 Å². The Kier molecular flexibility index (Phi) is 4.24. The smallest absolute Gasteiger partial charge is 0.247 e. The number of alkyl halides is 1. The molecule has 0 aliphatic rings. The van der Waals surface area contributed by atoms with Crippen LogP contribution in [0.2, 0.25) is 5.02 Å². The third kappa shape index (κ3) is 3.03. The Morgan fingerprint density at radius 3 is 2.28 bits per heavy atom. The van der Waals surface area contributed by atoms with Crippen molar-refractivity contribution in [1.29, 1.82) is 0 Å². The summed E-state index contributed by atoms with van der Waals surface area (Å²) in [6.45, 7) is 0. The minimum atomic E-state index is -0.734. The second-order valence-corrected chi connectivity index (χ2v) is 4.59. The van der Waals surface area contributed by atoms with E-state index in [4.69, 9.17) is 23.2 Å². The fraction of sp³-hybridized carbons (Fsp3) is 0.0714. The van der Waals surface area contributed by atoms with Crippen molar-refractivity contribution < 1.29 is 4.79 Å². The molecule has 0 aliphatic carbocycles. The topological polar surface area (TPSA) is 29.1 Å². The first kappa shape index (κ1) is 12.9. The molecular formula is C14H11Cl2NO. The van der Waals surface area contributed by atoms with Gasteiger partial charge in [-0.3, -0.25) is 4.79 Å². The lowest BCUT2D eigenvalue weighted by Crippen LogP contribution is -2.17. The zero-order chi connectivity index (χ0) is 13.0. The summed E-state index contributed by atoms with van der Waals surface area (Å²) in [4.78, 5) is 12.0. The number of anilines is 1. The summed E-state index contributed by atoms with van der Waals surface area (Å²) in [7, 11) is 0. The molecule has 0 unspecified atom stereocenters. The van der Waals surface area contributed by atoms with E-state index < -0.39 is 5.38 Å². The fourth-order valence-electron chi connectivity index (χ4n) is 1.53. The Morgan fingerprint density at radius 2 is 1.61 bits per heavy atom. The second kappa shape index (κ2) is 5.89. The van der Waals surface area contributed by atoms with Gasteiger partial charge in [-0.2, -0.15) is 0 Å². The Balaban J connectivity index is 2.12. The Morgan fingerprint density at radius 1 is 1.00 bits per heavy atom. The largest absolute Gasteiger partial charge is 0.323 e. The molecule has 4 heteroatoms. The van der Waals surface area contributed by atoms with Gasteiger partial charge in [-0.25, -0.2) is 0 Å². The van der Waals surface area contributed by atoms with Crippen LogP contribution in [0.15, 0.2) is 54.6 Å². The van der Waals surface area contributed by atoms with E-state index in [1.165, 1.54) is 0 Å². The predicted molar refractivity (Wildman–Crippen MR) is 75.1 cm³/mol. The highest BCUT2D eigenvalue weighted by atomic mass is 35.5. The van der Waals surface area contributed by atoms with Gasteiger partial charge in [0.05, 0.1) is 10.7 Å². The van der Waals surface area contributed by atoms with Crippen LogP contribution in [0.1, 0.15) is 10.9 Å². The molecule has 0 heterocycles. The fourth-order valence-corrected chi connectivity index (χ4v) is 1.92. The van der Waals surface area contributed by atoms with Crippen LogP contribution in [0.25, 0.3) is 0 Å².